The summed E-state index contributed by atoms with van der Waals surface area (Å²) in [5.41, 5.74) is 0.843. The molecule has 1 saturated heterocycles. The monoisotopic (exact) mass is 341 g/mol. The molecule has 5 nitrogen and oxygen atoms in total. The molecular formula is C20H27N3O2. The summed E-state index contributed by atoms with van der Waals surface area (Å²) >= 11 is 0. The molecule has 5 heteroatoms. The second-order valence-electron chi connectivity index (χ2n) is 6.84. The molecule has 134 valence electrons. The van der Waals surface area contributed by atoms with E-state index in [0.717, 1.165) is 35.7 Å². The van der Waals surface area contributed by atoms with Crippen molar-refractivity contribution in [2.45, 2.75) is 31.5 Å². The lowest BCUT2D eigenvalue weighted by molar-refractivity contribution is 0.0687. The molecule has 1 heterocycles. The largest absolute Gasteiger partial charge is 0.387 e. The molecule has 2 unspecified atom stereocenters. The minimum atomic E-state index is -0.729. The molecule has 0 bridgehead atoms. The zero-order valence-corrected chi connectivity index (χ0v) is 15.0. The third-order valence-electron chi connectivity index (χ3n) is 5.13. The van der Waals surface area contributed by atoms with Crippen molar-refractivity contribution in [3.63, 3.8) is 0 Å². The Balaban J connectivity index is 1.63. The molecule has 0 aromatic heterocycles. The van der Waals surface area contributed by atoms with E-state index in [1.807, 2.05) is 49.5 Å². The van der Waals surface area contributed by atoms with Gasteiger partial charge in [-0.15, -0.1) is 0 Å². The molecule has 0 spiro atoms. The van der Waals surface area contributed by atoms with Gasteiger partial charge in [-0.3, -0.25) is 4.90 Å². The van der Waals surface area contributed by atoms with Gasteiger partial charge < -0.3 is 15.3 Å². The van der Waals surface area contributed by atoms with Crippen LogP contribution < -0.4 is 5.32 Å². The summed E-state index contributed by atoms with van der Waals surface area (Å²) in [5, 5.41) is 15.6. The number of likely N-dealkylation sites (tertiary alicyclic amines) is 1. The van der Waals surface area contributed by atoms with Gasteiger partial charge in [0.1, 0.15) is 0 Å². The van der Waals surface area contributed by atoms with E-state index in [1.54, 1.807) is 4.90 Å². The summed E-state index contributed by atoms with van der Waals surface area (Å²) in [5.74, 6) is 0. The highest BCUT2D eigenvalue weighted by atomic mass is 16.3. The Labute approximate surface area is 149 Å². The van der Waals surface area contributed by atoms with Crippen molar-refractivity contribution < 1.29 is 9.90 Å². The molecule has 25 heavy (non-hydrogen) atoms. The number of hydrogen-bond acceptors (Lipinski definition) is 3. The van der Waals surface area contributed by atoms with Crippen LogP contribution in [0, 0.1) is 0 Å². The van der Waals surface area contributed by atoms with E-state index >= 15 is 0 Å². The van der Waals surface area contributed by atoms with Crippen molar-refractivity contribution in [1.82, 2.24) is 15.1 Å². The summed E-state index contributed by atoms with van der Waals surface area (Å²) in [7, 11) is 3.88. The predicted octanol–water partition coefficient (Wildman–Crippen LogP) is 2.96. The van der Waals surface area contributed by atoms with E-state index < -0.39 is 6.10 Å². The van der Waals surface area contributed by atoms with E-state index in [4.69, 9.17) is 0 Å². The number of nitrogens with zero attached hydrogens (tertiary/aromatic N) is 2. The molecular weight excluding hydrogens is 314 g/mol. The number of hydrogen-bond donors (Lipinski definition) is 2. The molecule has 2 N–H and O–H groups in total. The van der Waals surface area contributed by atoms with E-state index in [9.17, 15) is 9.90 Å². The van der Waals surface area contributed by atoms with E-state index in [-0.39, 0.29) is 18.7 Å². The normalized spacial score (nSPS) is 19.6. The number of fused-ring (bicyclic) bond motifs is 1. The lowest BCUT2D eigenvalue weighted by atomic mass is 10.0. The molecule has 2 amide bonds. The lowest BCUT2D eigenvalue weighted by Gasteiger charge is -2.38. The Hall–Kier alpha value is -2.11. The SMILES string of the molecule is CN1CCCCC1N(C)C(=O)NCC(O)c1cccc2ccccc12. The number of rotatable bonds is 4. The first-order valence-corrected chi connectivity index (χ1v) is 8.94. The lowest BCUT2D eigenvalue weighted by Crippen LogP contribution is -2.53. The average molecular weight is 341 g/mol. The molecule has 2 atom stereocenters. The third-order valence-corrected chi connectivity index (χ3v) is 5.13. The summed E-state index contributed by atoms with van der Waals surface area (Å²) in [6.07, 6.45) is 2.72. The third kappa shape index (κ3) is 3.94. The maximum Gasteiger partial charge on any atom is 0.318 e. The fourth-order valence-electron chi connectivity index (χ4n) is 3.64. The van der Waals surface area contributed by atoms with Crippen LogP contribution in [0.25, 0.3) is 10.8 Å². The molecule has 0 saturated carbocycles. The van der Waals surface area contributed by atoms with Crippen molar-refractivity contribution >= 4 is 16.8 Å². The van der Waals surface area contributed by atoms with Crippen LogP contribution in [0.4, 0.5) is 4.79 Å². The fourth-order valence-corrected chi connectivity index (χ4v) is 3.64. The summed E-state index contributed by atoms with van der Waals surface area (Å²) < 4.78 is 0. The van der Waals surface area contributed by atoms with Gasteiger partial charge in [0.05, 0.1) is 12.3 Å². The van der Waals surface area contributed by atoms with Crippen molar-refractivity contribution in [3.05, 3.63) is 48.0 Å². The Morgan fingerprint density at radius 2 is 2.04 bits per heavy atom. The Kier molecular flexibility index (Phi) is 5.56. The fraction of sp³-hybridized carbons (Fsp3) is 0.450. The second kappa shape index (κ2) is 7.85. The van der Waals surface area contributed by atoms with Crippen molar-refractivity contribution in [2.24, 2.45) is 0 Å². The zero-order chi connectivity index (χ0) is 17.8. The summed E-state index contributed by atoms with van der Waals surface area (Å²) in [6, 6.07) is 13.7. The highest BCUT2D eigenvalue weighted by Gasteiger charge is 2.26. The summed E-state index contributed by atoms with van der Waals surface area (Å²) in [4.78, 5) is 16.4. The van der Waals surface area contributed by atoms with Crippen LogP contribution in [-0.4, -0.2) is 54.3 Å². The second-order valence-corrected chi connectivity index (χ2v) is 6.84. The number of carbonyl (C=O) groups is 1. The van der Waals surface area contributed by atoms with Gasteiger partial charge >= 0.3 is 6.03 Å². The Morgan fingerprint density at radius 1 is 1.28 bits per heavy atom. The van der Waals surface area contributed by atoms with Crippen LogP contribution in [0.2, 0.25) is 0 Å². The molecule has 2 aromatic carbocycles. The average Bonchev–Trinajstić information content (AvgIpc) is 2.65. The standard InChI is InChI=1S/C20H27N3O2/c1-22-13-6-5-12-19(22)23(2)20(25)21-14-18(24)17-11-7-9-15-8-3-4-10-16(15)17/h3-4,7-11,18-19,24H,5-6,12-14H2,1-2H3,(H,21,25). The van der Waals surface area contributed by atoms with Gasteiger partial charge in [-0.2, -0.15) is 0 Å². The number of nitrogens with one attached hydrogen (secondary N) is 1. The zero-order valence-electron chi connectivity index (χ0n) is 15.0. The van der Waals surface area contributed by atoms with Gasteiger partial charge in [0.15, 0.2) is 0 Å². The maximum absolute atomic E-state index is 12.5. The quantitative estimate of drug-likeness (QED) is 0.899. The Morgan fingerprint density at radius 3 is 2.84 bits per heavy atom. The van der Waals surface area contributed by atoms with Crippen LogP contribution in [-0.2, 0) is 0 Å². The smallest absolute Gasteiger partial charge is 0.318 e. The molecule has 1 aliphatic rings. The molecule has 2 aromatic rings. The molecule has 0 radical (unpaired) electrons. The van der Waals surface area contributed by atoms with Crippen LogP contribution in [0.3, 0.4) is 0 Å². The molecule has 1 fully saturated rings. The number of aliphatic hydroxyl groups excluding tert-OH is 1. The van der Waals surface area contributed by atoms with Crippen LogP contribution >= 0.6 is 0 Å². The van der Waals surface area contributed by atoms with Crippen molar-refractivity contribution in [3.8, 4) is 0 Å². The van der Waals surface area contributed by atoms with Gasteiger partial charge in [0.2, 0.25) is 0 Å². The maximum atomic E-state index is 12.5. The van der Waals surface area contributed by atoms with Gasteiger partial charge in [0, 0.05) is 13.6 Å². The van der Waals surface area contributed by atoms with Crippen molar-refractivity contribution in [2.75, 3.05) is 27.2 Å². The first-order chi connectivity index (χ1) is 12.1. The van der Waals surface area contributed by atoms with Crippen LogP contribution in [0.5, 0.6) is 0 Å². The number of benzene rings is 2. The van der Waals surface area contributed by atoms with Gasteiger partial charge in [-0.05, 0) is 49.2 Å². The minimum Gasteiger partial charge on any atom is -0.387 e. The number of carbonyl (C=O) groups excluding carboxylic acids is 1. The number of aliphatic hydroxyl groups is 1. The minimum absolute atomic E-state index is 0.128. The summed E-state index contributed by atoms with van der Waals surface area (Å²) in [6.45, 7) is 1.22. The van der Waals surface area contributed by atoms with E-state index in [0.29, 0.717) is 0 Å². The molecule has 1 aliphatic heterocycles. The molecule has 0 aliphatic carbocycles. The number of piperidine rings is 1. The highest BCUT2D eigenvalue weighted by Crippen LogP contribution is 2.24. The topological polar surface area (TPSA) is 55.8 Å². The Bertz CT molecular complexity index is 728. The molecule has 3 rings (SSSR count). The van der Waals surface area contributed by atoms with Gasteiger partial charge in [0.25, 0.3) is 0 Å². The first kappa shape index (κ1) is 17.7. The first-order valence-electron chi connectivity index (χ1n) is 8.94. The van der Waals surface area contributed by atoms with Gasteiger partial charge in [-0.25, -0.2) is 4.79 Å². The van der Waals surface area contributed by atoms with E-state index in [1.165, 1.54) is 6.42 Å². The van der Waals surface area contributed by atoms with Crippen LogP contribution in [0.15, 0.2) is 42.5 Å². The number of urea groups is 1. The van der Waals surface area contributed by atoms with Gasteiger partial charge in [-0.1, -0.05) is 42.5 Å². The number of amides is 2. The van der Waals surface area contributed by atoms with Crippen LogP contribution in [0.1, 0.15) is 30.9 Å². The predicted molar refractivity (Wildman–Crippen MR) is 100 cm³/mol. The highest BCUT2D eigenvalue weighted by molar-refractivity contribution is 5.86. The van der Waals surface area contributed by atoms with E-state index in [2.05, 4.69) is 17.3 Å². The van der Waals surface area contributed by atoms with Crippen molar-refractivity contribution in [1.29, 1.82) is 0 Å².